The predicted molar refractivity (Wildman–Crippen MR) is 79.1 cm³/mol. The number of hydrogen-bond donors (Lipinski definition) is 0. The molecule has 0 spiro atoms. The van der Waals surface area contributed by atoms with Gasteiger partial charge in [0.25, 0.3) is 0 Å². The monoisotopic (exact) mass is 242 g/mol. The molecule has 0 amide bonds. The van der Waals surface area contributed by atoms with Crippen molar-refractivity contribution in [1.29, 1.82) is 0 Å². The molecule has 1 heteroatoms. The Hall–Kier alpha value is -1.13. The van der Waals surface area contributed by atoms with Crippen LogP contribution in [0.15, 0.2) is 54.6 Å². The number of benzene rings is 2. The molecule has 0 radical (unpaired) electrons. The highest BCUT2D eigenvalue weighted by atomic mass is 31.1. The molecule has 88 valence electrons. The molecule has 0 heterocycles. The van der Waals surface area contributed by atoms with Crippen LogP contribution in [0.1, 0.15) is 25.3 Å². The minimum atomic E-state index is 0.778. The van der Waals surface area contributed by atoms with Gasteiger partial charge in [-0.2, -0.15) is 0 Å². The Morgan fingerprint density at radius 2 is 1.65 bits per heavy atom. The summed E-state index contributed by atoms with van der Waals surface area (Å²) in [7, 11) is 0.778. The highest BCUT2D eigenvalue weighted by Gasteiger charge is 1.97. The van der Waals surface area contributed by atoms with E-state index in [1.54, 1.807) is 0 Å². The van der Waals surface area contributed by atoms with Crippen LogP contribution in [-0.4, -0.2) is 0 Å². The Bertz CT molecular complexity index is 448. The molecule has 0 saturated carbocycles. The molecular weight excluding hydrogens is 223 g/mol. The molecule has 2 aromatic rings. The zero-order valence-corrected chi connectivity index (χ0v) is 11.3. The minimum absolute atomic E-state index is 0.778. The molecule has 0 N–H and O–H groups in total. The van der Waals surface area contributed by atoms with Crippen LogP contribution in [0.4, 0.5) is 0 Å². The largest absolute Gasteiger partial charge is 0.0654 e. The van der Waals surface area contributed by atoms with Crippen molar-refractivity contribution in [3.63, 3.8) is 0 Å². The second kappa shape index (κ2) is 6.57. The van der Waals surface area contributed by atoms with Crippen LogP contribution in [0.2, 0.25) is 0 Å². The van der Waals surface area contributed by atoms with Crippen LogP contribution in [0, 0.1) is 0 Å². The summed E-state index contributed by atoms with van der Waals surface area (Å²) in [5.41, 5.74) is 1.48. The molecule has 0 nitrogen and oxygen atoms in total. The van der Waals surface area contributed by atoms with E-state index in [-0.39, 0.29) is 0 Å². The minimum Gasteiger partial charge on any atom is -0.0654 e. The summed E-state index contributed by atoms with van der Waals surface area (Å²) in [6, 6.07) is 19.7. The molecule has 0 aliphatic heterocycles. The summed E-state index contributed by atoms with van der Waals surface area (Å²) in [6.07, 6.45) is 3.77. The van der Waals surface area contributed by atoms with Crippen LogP contribution in [0.3, 0.4) is 0 Å². The lowest BCUT2D eigenvalue weighted by Gasteiger charge is -2.05. The van der Waals surface area contributed by atoms with Gasteiger partial charge in [-0.1, -0.05) is 76.5 Å². The maximum Gasteiger partial charge on any atom is -0.0223 e. The van der Waals surface area contributed by atoms with Gasteiger partial charge in [0.05, 0.1) is 0 Å². The molecular formula is C16H19P. The van der Waals surface area contributed by atoms with Gasteiger partial charge in [-0.05, 0) is 29.0 Å². The van der Waals surface area contributed by atoms with Crippen molar-refractivity contribution in [2.45, 2.75) is 26.2 Å². The number of unbranched alkanes of at least 4 members (excludes halogenated alkanes) is 1. The first-order valence-corrected chi connectivity index (χ1v) is 7.29. The highest BCUT2D eigenvalue weighted by molar-refractivity contribution is 7.55. The average molecular weight is 242 g/mol. The number of hydrogen-bond acceptors (Lipinski definition) is 0. The van der Waals surface area contributed by atoms with E-state index < -0.39 is 0 Å². The fraction of sp³-hybridized carbons (Fsp3) is 0.250. The first-order chi connectivity index (χ1) is 8.38. The summed E-state index contributed by atoms with van der Waals surface area (Å²) >= 11 is 0. The van der Waals surface area contributed by atoms with Gasteiger partial charge in [0.2, 0.25) is 0 Å². The van der Waals surface area contributed by atoms with E-state index >= 15 is 0 Å². The van der Waals surface area contributed by atoms with E-state index in [1.165, 1.54) is 35.4 Å². The second-order valence-corrected chi connectivity index (χ2v) is 5.70. The second-order valence-electron chi connectivity index (χ2n) is 4.29. The van der Waals surface area contributed by atoms with Gasteiger partial charge in [0.15, 0.2) is 0 Å². The molecule has 0 bridgehead atoms. The zero-order valence-electron chi connectivity index (χ0n) is 10.3. The molecule has 17 heavy (non-hydrogen) atoms. The van der Waals surface area contributed by atoms with Crippen molar-refractivity contribution in [2.24, 2.45) is 0 Å². The van der Waals surface area contributed by atoms with E-state index in [9.17, 15) is 0 Å². The molecule has 0 fully saturated rings. The maximum absolute atomic E-state index is 2.36. The topological polar surface area (TPSA) is 0 Å². The first-order valence-electron chi connectivity index (χ1n) is 6.29. The summed E-state index contributed by atoms with van der Waals surface area (Å²) < 4.78 is 0. The molecule has 1 atom stereocenters. The van der Waals surface area contributed by atoms with Gasteiger partial charge in [-0.3, -0.25) is 0 Å². The SMILES string of the molecule is CCCCc1cccc(Pc2ccccc2)c1. The lowest BCUT2D eigenvalue weighted by atomic mass is 10.1. The van der Waals surface area contributed by atoms with Crippen molar-refractivity contribution < 1.29 is 0 Å². The van der Waals surface area contributed by atoms with E-state index in [0.717, 1.165) is 8.58 Å². The van der Waals surface area contributed by atoms with Gasteiger partial charge in [0, 0.05) is 0 Å². The Balaban J connectivity index is 2.06. The Morgan fingerprint density at radius 1 is 0.882 bits per heavy atom. The van der Waals surface area contributed by atoms with E-state index in [2.05, 4.69) is 61.5 Å². The van der Waals surface area contributed by atoms with Crippen molar-refractivity contribution in [3.8, 4) is 0 Å². The fourth-order valence-electron chi connectivity index (χ4n) is 1.87. The third-order valence-electron chi connectivity index (χ3n) is 2.81. The third-order valence-corrected chi connectivity index (χ3v) is 4.03. The lowest BCUT2D eigenvalue weighted by molar-refractivity contribution is 0.795. The summed E-state index contributed by atoms with van der Waals surface area (Å²) in [5.74, 6) is 0. The number of aryl methyl sites for hydroxylation is 1. The Kier molecular flexibility index (Phi) is 4.76. The van der Waals surface area contributed by atoms with Crippen molar-refractivity contribution in [3.05, 3.63) is 60.2 Å². The van der Waals surface area contributed by atoms with Crippen LogP contribution < -0.4 is 10.6 Å². The lowest BCUT2D eigenvalue weighted by Crippen LogP contribution is -2.03. The number of rotatable bonds is 5. The van der Waals surface area contributed by atoms with Crippen molar-refractivity contribution >= 4 is 19.2 Å². The summed E-state index contributed by atoms with van der Waals surface area (Å²) in [6.45, 7) is 2.25. The van der Waals surface area contributed by atoms with Crippen LogP contribution >= 0.6 is 8.58 Å². The standard InChI is InChI=1S/C16H19P/c1-2-3-8-14-9-7-12-16(13-14)17-15-10-5-4-6-11-15/h4-7,9-13,17H,2-3,8H2,1H3. The smallest absolute Gasteiger partial charge is 0.0223 e. The van der Waals surface area contributed by atoms with Crippen molar-refractivity contribution in [2.75, 3.05) is 0 Å². The average Bonchev–Trinajstić information content (AvgIpc) is 2.38. The molecule has 1 unspecified atom stereocenters. The van der Waals surface area contributed by atoms with E-state index in [4.69, 9.17) is 0 Å². The third kappa shape index (κ3) is 3.98. The Morgan fingerprint density at radius 3 is 2.41 bits per heavy atom. The summed E-state index contributed by atoms with van der Waals surface area (Å²) in [5, 5.41) is 2.87. The van der Waals surface area contributed by atoms with E-state index in [1.807, 2.05) is 0 Å². The van der Waals surface area contributed by atoms with Crippen molar-refractivity contribution in [1.82, 2.24) is 0 Å². The fourth-order valence-corrected chi connectivity index (χ4v) is 3.00. The maximum atomic E-state index is 2.36. The molecule has 2 rings (SSSR count). The van der Waals surface area contributed by atoms with Crippen LogP contribution in [0.25, 0.3) is 0 Å². The van der Waals surface area contributed by atoms with Gasteiger partial charge < -0.3 is 0 Å². The molecule has 0 aromatic heterocycles. The van der Waals surface area contributed by atoms with Gasteiger partial charge >= 0.3 is 0 Å². The molecule has 0 aliphatic rings. The zero-order chi connectivity index (χ0) is 11.9. The van der Waals surface area contributed by atoms with Crippen LogP contribution in [-0.2, 0) is 6.42 Å². The molecule has 2 aromatic carbocycles. The predicted octanol–water partition coefficient (Wildman–Crippen LogP) is 3.66. The normalized spacial score (nSPS) is 11.1. The van der Waals surface area contributed by atoms with Crippen LogP contribution in [0.5, 0.6) is 0 Å². The van der Waals surface area contributed by atoms with Gasteiger partial charge in [0.1, 0.15) is 0 Å². The first kappa shape index (κ1) is 12.3. The van der Waals surface area contributed by atoms with E-state index in [0.29, 0.717) is 0 Å². The Labute approximate surface area is 106 Å². The molecule has 0 saturated heterocycles. The highest BCUT2D eigenvalue weighted by Crippen LogP contribution is 2.12. The quantitative estimate of drug-likeness (QED) is 0.702. The van der Waals surface area contributed by atoms with Gasteiger partial charge in [-0.15, -0.1) is 0 Å². The van der Waals surface area contributed by atoms with Gasteiger partial charge in [-0.25, -0.2) is 0 Å². The summed E-state index contributed by atoms with van der Waals surface area (Å²) in [4.78, 5) is 0. The molecule has 0 aliphatic carbocycles.